The molecule has 0 saturated heterocycles. The molecule has 1 N–H and O–H groups in total. The molecule has 0 radical (unpaired) electrons. The van der Waals surface area contributed by atoms with Crippen LogP contribution in [0.25, 0.3) is 22.3 Å². The van der Waals surface area contributed by atoms with Crippen molar-refractivity contribution in [2.75, 3.05) is 0 Å². The third-order valence-corrected chi connectivity index (χ3v) is 3.84. The average molecular weight is 374 g/mol. The summed E-state index contributed by atoms with van der Waals surface area (Å²) in [6.45, 7) is -1.07. The van der Waals surface area contributed by atoms with E-state index in [0.29, 0.717) is 10.6 Å². The maximum atomic E-state index is 14.2. The molecule has 130 valence electrons. The van der Waals surface area contributed by atoms with Gasteiger partial charge in [-0.05, 0) is 12.1 Å². The number of alkyl halides is 2. The van der Waals surface area contributed by atoms with Crippen molar-refractivity contribution in [2.45, 2.75) is 13.0 Å². The van der Waals surface area contributed by atoms with Gasteiger partial charge >= 0.3 is 0 Å². The summed E-state index contributed by atoms with van der Waals surface area (Å²) in [4.78, 5) is 20.2. The lowest BCUT2D eigenvalue weighted by atomic mass is 10.0. The van der Waals surface area contributed by atoms with E-state index in [1.807, 2.05) is 0 Å². The summed E-state index contributed by atoms with van der Waals surface area (Å²) in [5, 5.41) is 9.57. The zero-order valence-electron chi connectivity index (χ0n) is 12.2. The Morgan fingerprint density at radius 3 is 2.44 bits per heavy atom. The highest BCUT2D eigenvalue weighted by Gasteiger charge is 2.26. The highest BCUT2D eigenvalue weighted by molar-refractivity contribution is 6.33. The van der Waals surface area contributed by atoms with Crippen LogP contribution in [-0.2, 0) is 6.54 Å². The quantitative estimate of drug-likeness (QED) is 0.564. The molecule has 0 aliphatic rings. The van der Waals surface area contributed by atoms with Gasteiger partial charge in [0.1, 0.15) is 17.2 Å². The monoisotopic (exact) mass is 373 g/mol. The number of hydrogen-bond acceptors (Lipinski definition) is 4. The van der Waals surface area contributed by atoms with Gasteiger partial charge in [-0.25, -0.2) is 27.5 Å². The lowest BCUT2D eigenvalue weighted by molar-refractivity contribution is 0.126. The number of nitrogens with zero attached hydrogens (tertiary/aromatic N) is 3. The van der Waals surface area contributed by atoms with Gasteiger partial charge in [-0.1, -0.05) is 11.6 Å². The molecule has 10 heteroatoms. The normalized spacial score (nSPS) is 11.4. The van der Waals surface area contributed by atoms with Gasteiger partial charge in [-0.2, -0.15) is 0 Å². The van der Waals surface area contributed by atoms with Crippen molar-refractivity contribution < 1.29 is 22.7 Å². The maximum absolute atomic E-state index is 14.2. The third kappa shape index (κ3) is 2.80. The molecule has 1 aromatic carbocycles. The number of pyridine rings is 1. The molecule has 0 aliphatic heterocycles. The van der Waals surface area contributed by atoms with Crippen molar-refractivity contribution in [2.24, 2.45) is 0 Å². The Balaban J connectivity index is 2.49. The van der Waals surface area contributed by atoms with Crippen molar-refractivity contribution in [3.8, 4) is 16.9 Å². The van der Waals surface area contributed by atoms with E-state index in [1.54, 1.807) is 0 Å². The molecule has 3 aromatic rings. The van der Waals surface area contributed by atoms with E-state index in [-0.39, 0.29) is 11.2 Å². The van der Waals surface area contributed by atoms with E-state index < -0.39 is 52.1 Å². The van der Waals surface area contributed by atoms with Crippen LogP contribution in [-0.4, -0.2) is 26.1 Å². The molecular weight excluding hydrogens is 366 g/mol. The fraction of sp³-hybridized carbons (Fsp3) is 0.133. The Morgan fingerprint density at radius 1 is 1.12 bits per heavy atom. The van der Waals surface area contributed by atoms with Gasteiger partial charge in [-0.3, -0.25) is 9.36 Å². The predicted molar refractivity (Wildman–Crippen MR) is 81.8 cm³/mol. The molecule has 0 aliphatic carbocycles. The fourth-order valence-electron chi connectivity index (χ4n) is 2.44. The van der Waals surface area contributed by atoms with Gasteiger partial charge in [0.25, 0.3) is 12.0 Å². The average Bonchev–Trinajstić information content (AvgIpc) is 2.58. The largest absolute Gasteiger partial charge is 0.505 e. The van der Waals surface area contributed by atoms with Crippen LogP contribution in [0.4, 0.5) is 17.6 Å². The van der Waals surface area contributed by atoms with Crippen LogP contribution in [0, 0.1) is 11.6 Å². The molecular formula is C15H8ClF4N3O2. The van der Waals surface area contributed by atoms with Crippen molar-refractivity contribution in [3.63, 3.8) is 0 Å². The van der Waals surface area contributed by atoms with Crippen LogP contribution in [0.1, 0.15) is 0 Å². The van der Waals surface area contributed by atoms with Crippen LogP contribution >= 0.6 is 11.6 Å². The first-order valence-corrected chi connectivity index (χ1v) is 7.19. The van der Waals surface area contributed by atoms with Gasteiger partial charge in [0.15, 0.2) is 11.4 Å². The van der Waals surface area contributed by atoms with Gasteiger partial charge in [0, 0.05) is 18.0 Å². The van der Waals surface area contributed by atoms with Gasteiger partial charge in [0.05, 0.1) is 17.1 Å². The Kier molecular flexibility index (Phi) is 4.34. The van der Waals surface area contributed by atoms with E-state index in [4.69, 9.17) is 11.6 Å². The fourth-order valence-corrected chi connectivity index (χ4v) is 2.68. The third-order valence-electron chi connectivity index (χ3n) is 3.47. The Bertz CT molecular complexity index is 1040. The van der Waals surface area contributed by atoms with Crippen molar-refractivity contribution in [1.82, 2.24) is 14.5 Å². The number of halogens is 5. The standard InChI is InChI=1S/C15H8ClF4N3O2/c16-11-7(18)2-1-6(17)9(11)10-13(24)12-14(22-4-3-21-12)23(15(10)25)5-8(19)20/h1-4,8,24H,5H2. The molecule has 0 bridgehead atoms. The molecule has 0 fully saturated rings. The maximum Gasteiger partial charge on any atom is 0.264 e. The summed E-state index contributed by atoms with van der Waals surface area (Å²) in [7, 11) is 0. The van der Waals surface area contributed by atoms with Crippen molar-refractivity contribution in [1.29, 1.82) is 0 Å². The van der Waals surface area contributed by atoms with E-state index in [9.17, 15) is 27.5 Å². The lowest BCUT2D eigenvalue weighted by Crippen LogP contribution is -2.26. The van der Waals surface area contributed by atoms with Gasteiger partial charge in [0.2, 0.25) is 0 Å². The first kappa shape index (κ1) is 17.2. The van der Waals surface area contributed by atoms with E-state index in [1.165, 1.54) is 0 Å². The summed E-state index contributed by atoms with van der Waals surface area (Å²) in [5.74, 6) is -2.98. The minimum atomic E-state index is -2.94. The van der Waals surface area contributed by atoms with E-state index in [0.717, 1.165) is 18.5 Å². The number of rotatable bonds is 3. The summed E-state index contributed by atoms with van der Waals surface area (Å²) in [5.41, 5.74) is -3.34. The molecule has 0 atom stereocenters. The second kappa shape index (κ2) is 6.32. The molecule has 0 amide bonds. The molecule has 2 heterocycles. The van der Waals surface area contributed by atoms with Crippen LogP contribution < -0.4 is 5.56 Å². The Hall–Kier alpha value is -2.68. The molecule has 2 aromatic heterocycles. The van der Waals surface area contributed by atoms with Crippen LogP contribution in [0.15, 0.2) is 29.3 Å². The first-order valence-electron chi connectivity index (χ1n) is 6.81. The second-order valence-electron chi connectivity index (χ2n) is 4.98. The highest BCUT2D eigenvalue weighted by Crippen LogP contribution is 2.37. The molecule has 0 unspecified atom stereocenters. The molecule has 3 rings (SSSR count). The second-order valence-corrected chi connectivity index (χ2v) is 5.36. The first-order chi connectivity index (χ1) is 11.8. The van der Waals surface area contributed by atoms with Crippen LogP contribution in [0.5, 0.6) is 5.75 Å². The number of aromatic nitrogens is 3. The molecule has 5 nitrogen and oxygen atoms in total. The summed E-state index contributed by atoms with van der Waals surface area (Å²) >= 11 is 5.73. The molecule has 0 saturated carbocycles. The zero-order chi connectivity index (χ0) is 18.3. The summed E-state index contributed by atoms with van der Waals surface area (Å²) in [6.07, 6.45) is -0.654. The molecule has 25 heavy (non-hydrogen) atoms. The highest BCUT2D eigenvalue weighted by atomic mass is 35.5. The number of hydrogen-bond donors (Lipinski definition) is 1. The van der Waals surface area contributed by atoms with Crippen molar-refractivity contribution >= 4 is 22.8 Å². The van der Waals surface area contributed by atoms with Crippen LogP contribution in [0.3, 0.4) is 0 Å². The number of aromatic hydroxyl groups is 1. The van der Waals surface area contributed by atoms with E-state index in [2.05, 4.69) is 9.97 Å². The predicted octanol–water partition coefficient (Wildman–Crippen LogP) is 3.36. The minimum Gasteiger partial charge on any atom is -0.505 e. The molecule has 0 spiro atoms. The van der Waals surface area contributed by atoms with Gasteiger partial charge < -0.3 is 5.11 Å². The smallest absolute Gasteiger partial charge is 0.264 e. The van der Waals surface area contributed by atoms with Crippen molar-refractivity contribution in [3.05, 3.63) is 51.5 Å². The minimum absolute atomic E-state index is 0.318. The Labute approximate surface area is 142 Å². The lowest BCUT2D eigenvalue weighted by Gasteiger charge is -2.14. The van der Waals surface area contributed by atoms with E-state index >= 15 is 0 Å². The number of benzene rings is 1. The number of fused-ring (bicyclic) bond motifs is 1. The summed E-state index contributed by atoms with van der Waals surface area (Å²) in [6, 6.07) is 1.44. The van der Waals surface area contributed by atoms with Crippen LogP contribution in [0.2, 0.25) is 5.02 Å². The summed E-state index contributed by atoms with van der Waals surface area (Å²) < 4.78 is 54.1. The zero-order valence-corrected chi connectivity index (χ0v) is 12.9. The SMILES string of the molecule is O=c1c(-c2c(F)ccc(F)c2Cl)c(O)c2nccnc2n1CC(F)F. The van der Waals surface area contributed by atoms with Gasteiger partial charge in [-0.15, -0.1) is 0 Å². The topological polar surface area (TPSA) is 68.0 Å². The Morgan fingerprint density at radius 2 is 1.76 bits per heavy atom.